The van der Waals surface area contributed by atoms with Gasteiger partial charge in [-0.1, -0.05) is 23.8 Å². The predicted octanol–water partition coefficient (Wildman–Crippen LogP) is 5.98. The van der Waals surface area contributed by atoms with Gasteiger partial charge in [-0.25, -0.2) is 9.97 Å². The summed E-state index contributed by atoms with van der Waals surface area (Å²) in [5.41, 5.74) is 7.08. The van der Waals surface area contributed by atoms with Crippen molar-refractivity contribution in [2.45, 2.75) is 26.2 Å². The minimum atomic E-state index is 0.0931. The van der Waals surface area contributed by atoms with E-state index in [9.17, 15) is 4.79 Å². The fraction of sp³-hybridized carbons (Fsp3) is 0.179. The van der Waals surface area contributed by atoms with Gasteiger partial charge in [0.15, 0.2) is 11.5 Å². The lowest BCUT2D eigenvalue weighted by atomic mass is 9.99. The maximum atomic E-state index is 13.3. The van der Waals surface area contributed by atoms with Gasteiger partial charge in [-0.15, -0.1) is 0 Å². The lowest BCUT2D eigenvalue weighted by Gasteiger charge is -2.30. The van der Waals surface area contributed by atoms with Gasteiger partial charge in [-0.2, -0.15) is 0 Å². The van der Waals surface area contributed by atoms with Crippen LogP contribution in [0.3, 0.4) is 0 Å². The molecule has 5 aromatic rings. The normalized spacial score (nSPS) is 13.3. The minimum Gasteiger partial charge on any atom is -0.463 e. The van der Waals surface area contributed by atoms with Gasteiger partial charge in [0, 0.05) is 12.2 Å². The SMILES string of the molecule is Cc1ccc2c(c1)CCCN2C(=O)Cc1ccc2nc(-c3ccco3)c(-c3ccco3)nc2c1. The number of furan rings is 2. The molecule has 0 saturated heterocycles. The van der Waals surface area contributed by atoms with E-state index in [1.165, 1.54) is 11.1 Å². The van der Waals surface area contributed by atoms with Crippen LogP contribution in [-0.4, -0.2) is 22.4 Å². The van der Waals surface area contributed by atoms with Crippen LogP contribution >= 0.6 is 0 Å². The van der Waals surface area contributed by atoms with Gasteiger partial charge in [-0.3, -0.25) is 4.79 Å². The molecule has 0 spiro atoms. The highest BCUT2D eigenvalue weighted by Crippen LogP contribution is 2.32. The molecule has 4 heterocycles. The molecule has 1 amide bonds. The lowest BCUT2D eigenvalue weighted by Crippen LogP contribution is -2.36. The zero-order valence-corrected chi connectivity index (χ0v) is 18.8. The number of hydrogen-bond donors (Lipinski definition) is 0. The third-order valence-electron chi connectivity index (χ3n) is 6.25. The summed E-state index contributed by atoms with van der Waals surface area (Å²) in [6.45, 7) is 2.84. The minimum absolute atomic E-state index is 0.0931. The molecule has 0 fully saturated rings. The first-order chi connectivity index (χ1) is 16.7. The largest absolute Gasteiger partial charge is 0.463 e. The van der Waals surface area contributed by atoms with Gasteiger partial charge in [0.25, 0.3) is 0 Å². The van der Waals surface area contributed by atoms with Gasteiger partial charge in [-0.05, 0) is 73.4 Å². The zero-order valence-electron chi connectivity index (χ0n) is 18.8. The monoisotopic (exact) mass is 449 g/mol. The summed E-state index contributed by atoms with van der Waals surface area (Å²) < 4.78 is 11.2. The molecule has 6 heteroatoms. The molecule has 0 bridgehead atoms. The molecule has 1 aliphatic rings. The first-order valence-corrected chi connectivity index (χ1v) is 11.4. The van der Waals surface area contributed by atoms with E-state index in [1.54, 1.807) is 12.5 Å². The van der Waals surface area contributed by atoms with E-state index < -0.39 is 0 Å². The molecule has 0 atom stereocenters. The number of anilines is 1. The van der Waals surface area contributed by atoms with Crippen LogP contribution in [0.2, 0.25) is 0 Å². The summed E-state index contributed by atoms with van der Waals surface area (Å²) in [6, 6.07) is 19.5. The van der Waals surface area contributed by atoms with Crippen LogP contribution in [0.4, 0.5) is 5.69 Å². The van der Waals surface area contributed by atoms with Gasteiger partial charge in [0.1, 0.15) is 11.4 Å². The zero-order chi connectivity index (χ0) is 23.1. The number of benzene rings is 2. The number of aromatic nitrogens is 2. The first-order valence-electron chi connectivity index (χ1n) is 11.4. The van der Waals surface area contributed by atoms with Crippen LogP contribution in [0.15, 0.2) is 82.0 Å². The van der Waals surface area contributed by atoms with Crippen LogP contribution in [0, 0.1) is 6.92 Å². The molecule has 3 aromatic heterocycles. The highest BCUT2D eigenvalue weighted by molar-refractivity contribution is 5.96. The van der Waals surface area contributed by atoms with Crippen molar-refractivity contribution in [1.82, 2.24) is 9.97 Å². The van der Waals surface area contributed by atoms with Crippen LogP contribution in [-0.2, 0) is 17.6 Å². The maximum absolute atomic E-state index is 13.3. The number of rotatable bonds is 4. The molecule has 0 saturated carbocycles. The Bertz CT molecular complexity index is 1490. The van der Waals surface area contributed by atoms with Crippen LogP contribution < -0.4 is 4.90 Å². The summed E-state index contributed by atoms with van der Waals surface area (Å²) >= 11 is 0. The summed E-state index contributed by atoms with van der Waals surface area (Å²) in [5, 5.41) is 0. The van der Waals surface area contributed by atoms with E-state index in [0.717, 1.165) is 36.2 Å². The van der Waals surface area contributed by atoms with Gasteiger partial charge < -0.3 is 13.7 Å². The average molecular weight is 450 g/mol. The van der Waals surface area contributed by atoms with Crippen molar-refractivity contribution < 1.29 is 13.6 Å². The molecular formula is C28H23N3O3. The standard InChI is InChI=1S/C28H23N3O3/c1-18-8-11-23-20(15-18)5-2-12-31(23)26(32)17-19-9-10-21-22(16-19)30-28(25-7-4-14-34-25)27(29-21)24-6-3-13-33-24/h3-4,6-11,13-16H,2,5,12,17H2,1H3. The molecule has 0 N–H and O–H groups in total. The quantitative estimate of drug-likeness (QED) is 0.337. The van der Waals surface area contributed by atoms with Gasteiger partial charge >= 0.3 is 0 Å². The van der Waals surface area contributed by atoms with Crippen LogP contribution in [0.5, 0.6) is 0 Å². The van der Waals surface area contributed by atoms with Crippen LogP contribution in [0.1, 0.15) is 23.1 Å². The number of hydrogen-bond acceptors (Lipinski definition) is 5. The molecule has 6 nitrogen and oxygen atoms in total. The van der Waals surface area contributed by atoms with Gasteiger partial charge in [0.2, 0.25) is 5.91 Å². The Morgan fingerprint density at radius 2 is 1.65 bits per heavy atom. The van der Waals surface area contributed by atoms with Gasteiger partial charge in [0.05, 0.1) is 30.0 Å². The molecule has 0 radical (unpaired) electrons. The van der Waals surface area contributed by atoms with Crippen molar-refractivity contribution in [3.8, 4) is 22.9 Å². The Morgan fingerprint density at radius 3 is 2.35 bits per heavy atom. The molecule has 34 heavy (non-hydrogen) atoms. The van der Waals surface area contributed by atoms with E-state index >= 15 is 0 Å². The Balaban J connectivity index is 1.35. The molecule has 0 unspecified atom stereocenters. The summed E-state index contributed by atoms with van der Waals surface area (Å²) in [6.07, 6.45) is 5.52. The van der Waals surface area contributed by atoms with Crippen molar-refractivity contribution in [3.05, 3.63) is 89.9 Å². The number of carbonyl (C=O) groups excluding carboxylic acids is 1. The van der Waals surface area contributed by atoms with Crippen molar-refractivity contribution in [1.29, 1.82) is 0 Å². The molecule has 1 aliphatic heterocycles. The van der Waals surface area contributed by atoms with E-state index in [1.807, 2.05) is 47.4 Å². The smallest absolute Gasteiger partial charge is 0.231 e. The topological polar surface area (TPSA) is 72.4 Å². The fourth-order valence-corrected chi connectivity index (χ4v) is 4.64. The second-order valence-electron chi connectivity index (χ2n) is 8.66. The Morgan fingerprint density at radius 1 is 0.912 bits per heavy atom. The number of carbonyl (C=O) groups is 1. The lowest BCUT2D eigenvalue weighted by molar-refractivity contribution is -0.118. The van der Waals surface area contributed by atoms with E-state index in [-0.39, 0.29) is 5.91 Å². The highest BCUT2D eigenvalue weighted by atomic mass is 16.3. The Labute approximate surface area is 196 Å². The highest BCUT2D eigenvalue weighted by Gasteiger charge is 2.23. The second-order valence-corrected chi connectivity index (χ2v) is 8.66. The molecule has 168 valence electrons. The van der Waals surface area contributed by atoms with E-state index in [0.29, 0.717) is 34.8 Å². The van der Waals surface area contributed by atoms with Crippen molar-refractivity contribution in [2.75, 3.05) is 11.4 Å². The van der Waals surface area contributed by atoms with Crippen molar-refractivity contribution >= 4 is 22.6 Å². The number of fused-ring (bicyclic) bond motifs is 2. The first kappa shape index (κ1) is 20.4. The number of nitrogens with zero attached hydrogens (tertiary/aromatic N) is 3. The fourth-order valence-electron chi connectivity index (χ4n) is 4.64. The molecular weight excluding hydrogens is 426 g/mol. The third-order valence-corrected chi connectivity index (χ3v) is 6.25. The summed E-state index contributed by atoms with van der Waals surface area (Å²) in [4.78, 5) is 24.9. The molecule has 2 aromatic carbocycles. The van der Waals surface area contributed by atoms with E-state index in [4.69, 9.17) is 18.8 Å². The van der Waals surface area contributed by atoms with Crippen LogP contribution in [0.25, 0.3) is 33.9 Å². The van der Waals surface area contributed by atoms with Crippen molar-refractivity contribution in [2.24, 2.45) is 0 Å². The summed E-state index contributed by atoms with van der Waals surface area (Å²) in [7, 11) is 0. The third kappa shape index (κ3) is 3.67. The predicted molar refractivity (Wildman–Crippen MR) is 130 cm³/mol. The Kier molecular flexibility index (Phi) is 4.99. The summed E-state index contributed by atoms with van der Waals surface area (Å²) in [5.74, 6) is 1.33. The Hall–Kier alpha value is -4.19. The molecule has 0 aliphatic carbocycles. The number of amides is 1. The van der Waals surface area contributed by atoms with Crippen molar-refractivity contribution in [3.63, 3.8) is 0 Å². The maximum Gasteiger partial charge on any atom is 0.231 e. The number of aryl methyl sites for hydroxylation is 2. The second kappa shape index (κ2) is 8.30. The average Bonchev–Trinajstić information content (AvgIpc) is 3.57. The van der Waals surface area contributed by atoms with E-state index in [2.05, 4.69) is 25.1 Å². The molecule has 6 rings (SSSR count).